The van der Waals surface area contributed by atoms with Gasteiger partial charge in [-0.05, 0) is 73.2 Å². The van der Waals surface area contributed by atoms with Crippen LogP contribution >= 0.6 is 0 Å². The number of nitrogens with zero attached hydrogens (tertiary/aromatic N) is 3. The minimum atomic E-state index is -1.32. The summed E-state index contributed by atoms with van der Waals surface area (Å²) in [5.74, 6) is -3.05. The molecule has 0 spiro atoms. The standard InChI is InChI=1S/C39H60N4O11/c1-11-29-39(8)33(41-37(47)53-39)23(4)30(44)21(2)18-38(7)34(52-36-31(45)28(43(9)10)17-22(3)50-36)24(5)32(25(6)35(46)51-29)48-20-26(14-16-49-38)42-54-27-13-12-15-40-19-27/h12-13,15,19,21-25,28-29,31-34,36,45H,11,14,16-18,20H2,1-10H3,(H,41,47)/b42-26-/t21-,22-,23+,24+,25-,28+,29-,31-,32+,33-,34-,36+,38-,39-/m1/s1. The van der Waals surface area contributed by atoms with E-state index in [1.54, 1.807) is 45.3 Å². The van der Waals surface area contributed by atoms with E-state index in [1.807, 2.05) is 53.6 Å². The first-order valence-electron chi connectivity index (χ1n) is 19.3. The lowest BCUT2D eigenvalue weighted by atomic mass is 9.73. The van der Waals surface area contributed by atoms with E-state index in [4.69, 9.17) is 33.3 Å². The van der Waals surface area contributed by atoms with Gasteiger partial charge in [-0.2, -0.15) is 0 Å². The monoisotopic (exact) mass is 760 g/mol. The van der Waals surface area contributed by atoms with Crippen molar-refractivity contribution in [3.63, 3.8) is 0 Å². The highest BCUT2D eigenvalue weighted by Crippen LogP contribution is 2.42. The molecule has 15 nitrogen and oxygen atoms in total. The molecule has 1 amide bonds. The van der Waals surface area contributed by atoms with Crippen LogP contribution in [0.15, 0.2) is 29.7 Å². The quantitative estimate of drug-likeness (QED) is 0.316. The van der Waals surface area contributed by atoms with E-state index >= 15 is 0 Å². The minimum absolute atomic E-state index is 0.00704. The average Bonchev–Trinajstić information content (AvgIpc) is 3.45. The van der Waals surface area contributed by atoms with Gasteiger partial charge in [0.2, 0.25) is 0 Å². The number of pyridine rings is 1. The summed E-state index contributed by atoms with van der Waals surface area (Å²) in [5.41, 5.74) is -1.99. The van der Waals surface area contributed by atoms with Gasteiger partial charge in [0.05, 0.1) is 61.0 Å². The van der Waals surface area contributed by atoms with Gasteiger partial charge in [0.25, 0.3) is 0 Å². The van der Waals surface area contributed by atoms with E-state index in [1.165, 1.54) is 0 Å². The number of Topliss-reactive ketones (excluding diaryl/α,β-unsaturated/α-hetero) is 1. The second kappa shape index (κ2) is 17.3. The van der Waals surface area contributed by atoms with Crippen LogP contribution in [0.1, 0.15) is 81.1 Å². The first-order chi connectivity index (χ1) is 25.5. The largest absolute Gasteiger partial charge is 0.458 e. The van der Waals surface area contributed by atoms with E-state index in [-0.39, 0.29) is 37.6 Å². The van der Waals surface area contributed by atoms with Gasteiger partial charge in [0.1, 0.15) is 18.0 Å². The molecular formula is C39H60N4O11. The van der Waals surface area contributed by atoms with Crippen molar-refractivity contribution in [2.75, 3.05) is 27.3 Å². The molecule has 0 aliphatic carbocycles. The summed E-state index contributed by atoms with van der Waals surface area (Å²) < 4.78 is 38.7. The normalized spacial score (nSPS) is 42.1. The van der Waals surface area contributed by atoms with E-state index < -0.39 is 83.7 Å². The number of aromatic nitrogens is 1. The van der Waals surface area contributed by atoms with Gasteiger partial charge in [-0.1, -0.05) is 32.9 Å². The molecule has 54 heavy (non-hydrogen) atoms. The van der Waals surface area contributed by atoms with Crippen molar-refractivity contribution in [1.82, 2.24) is 15.2 Å². The number of fused-ring (bicyclic) bond motifs is 4. The molecule has 1 aromatic heterocycles. The zero-order valence-electron chi connectivity index (χ0n) is 33.4. The molecule has 4 aliphatic heterocycles. The Hall–Kier alpha value is -3.21. The Morgan fingerprint density at radius 1 is 1.11 bits per heavy atom. The number of likely N-dealkylation sites (N-methyl/N-ethyl adjacent to an activating group) is 1. The van der Waals surface area contributed by atoms with Crippen molar-refractivity contribution in [2.24, 2.45) is 28.8 Å². The Morgan fingerprint density at radius 3 is 2.52 bits per heavy atom. The molecule has 5 heterocycles. The maximum Gasteiger partial charge on any atom is 0.408 e. The fourth-order valence-corrected chi connectivity index (χ4v) is 8.82. The number of ketones is 1. The van der Waals surface area contributed by atoms with Crippen LogP contribution in [-0.2, 0) is 38.0 Å². The van der Waals surface area contributed by atoms with Crippen LogP contribution in [0, 0.1) is 23.7 Å². The van der Waals surface area contributed by atoms with Crippen LogP contribution in [0.2, 0.25) is 0 Å². The zero-order chi connectivity index (χ0) is 39.5. The number of oxime groups is 1. The lowest BCUT2D eigenvalue weighted by Crippen LogP contribution is -2.61. The Bertz CT molecular complexity index is 1500. The van der Waals surface area contributed by atoms with Crippen LogP contribution in [0.3, 0.4) is 0 Å². The molecule has 5 rings (SSSR count). The van der Waals surface area contributed by atoms with Gasteiger partial charge in [-0.3, -0.25) is 14.6 Å². The Morgan fingerprint density at radius 2 is 1.85 bits per heavy atom. The van der Waals surface area contributed by atoms with Gasteiger partial charge in [0.15, 0.2) is 17.6 Å². The molecule has 4 saturated heterocycles. The maximum atomic E-state index is 14.4. The highest BCUT2D eigenvalue weighted by Gasteiger charge is 2.57. The summed E-state index contributed by atoms with van der Waals surface area (Å²) in [4.78, 5) is 53.3. The van der Waals surface area contributed by atoms with E-state index in [2.05, 4.69) is 15.5 Å². The van der Waals surface area contributed by atoms with Gasteiger partial charge in [-0.15, -0.1) is 0 Å². The molecule has 0 saturated carbocycles. The Labute approximate surface area is 318 Å². The molecule has 15 heteroatoms. The molecule has 4 fully saturated rings. The molecule has 0 unspecified atom stereocenters. The maximum absolute atomic E-state index is 14.4. The molecule has 0 radical (unpaired) electrons. The smallest absolute Gasteiger partial charge is 0.408 e. The fourth-order valence-electron chi connectivity index (χ4n) is 8.82. The summed E-state index contributed by atoms with van der Waals surface area (Å²) in [7, 11) is 3.81. The summed E-state index contributed by atoms with van der Waals surface area (Å²) in [6.07, 6.45) is -0.959. The van der Waals surface area contributed by atoms with Crippen molar-refractivity contribution < 1.29 is 52.7 Å². The van der Waals surface area contributed by atoms with Gasteiger partial charge >= 0.3 is 12.1 Å². The number of hydrogen-bond acceptors (Lipinski definition) is 14. The summed E-state index contributed by atoms with van der Waals surface area (Å²) in [6, 6.07) is 2.45. The number of aliphatic hydroxyl groups excluding tert-OH is 1. The van der Waals surface area contributed by atoms with Gasteiger partial charge < -0.3 is 48.6 Å². The number of carbonyl (C=O) groups is 3. The lowest BCUT2D eigenvalue weighted by Gasteiger charge is -2.49. The SMILES string of the molecule is CC[C@H]1OC(=O)[C@H](C)[C@H]2OC/C(=N\Oc3cccnc3)CCO[C@](C)(C[C@@H](C)C(=O)[C@H](C)[C@H]3NC(=O)O[C@@]31C)[C@H](O[C@@H]1O[C@H](C)C[C@H](N(C)C)[C@H]1O)[C@H]2C. The third-order valence-electron chi connectivity index (χ3n) is 11.8. The number of carbonyl (C=O) groups excluding carboxylic acids is 3. The third kappa shape index (κ3) is 8.92. The predicted octanol–water partition coefficient (Wildman–Crippen LogP) is 3.90. The number of amides is 1. The number of alkyl carbamates (subject to hydrolysis) is 1. The fraction of sp³-hybridized carbons (Fsp3) is 0.769. The van der Waals surface area contributed by atoms with Crippen LogP contribution in [-0.4, -0.2) is 126 Å². The van der Waals surface area contributed by atoms with E-state index in [0.29, 0.717) is 30.7 Å². The Balaban J connectivity index is 1.61. The predicted molar refractivity (Wildman–Crippen MR) is 197 cm³/mol. The molecule has 2 bridgehead atoms. The number of hydrogen-bond donors (Lipinski definition) is 2. The van der Waals surface area contributed by atoms with E-state index in [9.17, 15) is 19.5 Å². The highest BCUT2D eigenvalue weighted by molar-refractivity contribution is 5.86. The zero-order valence-corrected chi connectivity index (χ0v) is 33.4. The molecule has 302 valence electrons. The van der Waals surface area contributed by atoms with Crippen LogP contribution in [0.4, 0.5) is 4.79 Å². The second-order valence-corrected chi connectivity index (χ2v) is 16.2. The van der Waals surface area contributed by atoms with Crippen molar-refractivity contribution in [2.45, 2.75) is 141 Å². The molecule has 0 aromatic carbocycles. The number of aliphatic hydroxyl groups is 1. The first-order valence-corrected chi connectivity index (χ1v) is 19.3. The van der Waals surface area contributed by atoms with Crippen molar-refractivity contribution in [1.29, 1.82) is 0 Å². The number of cyclic esters (lactones) is 1. The van der Waals surface area contributed by atoms with Crippen molar-refractivity contribution in [3.8, 4) is 5.75 Å². The number of nitrogens with one attached hydrogen (secondary N) is 1. The summed E-state index contributed by atoms with van der Waals surface area (Å²) in [6.45, 7) is 14.8. The van der Waals surface area contributed by atoms with Crippen molar-refractivity contribution >= 4 is 23.6 Å². The lowest BCUT2D eigenvalue weighted by molar-refractivity contribution is -0.304. The molecule has 2 N–H and O–H groups in total. The van der Waals surface area contributed by atoms with Crippen LogP contribution in [0.25, 0.3) is 0 Å². The number of rotatable bonds is 6. The van der Waals surface area contributed by atoms with Gasteiger partial charge in [-0.25, -0.2) is 4.79 Å². The van der Waals surface area contributed by atoms with Gasteiger partial charge in [0, 0.05) is 36.4 Å². The average molecular weight is 761 g/mol. The summed E-state index contributed by atoms with van der Waals surface area (Å²) >= 11 is 0. The molecule has 14 atom stereocenters. The van der Waals surface area contributed by atoms with Crippen molar-refractivity contribution in [3.05, 3.63) is 24.5 Å². The third-order valence-corrected chi connectivity index (χ3v) is 11.8. The van der Waals surface area contributed by atoms with Crippen LogP contribution < -0.4 is 10.2 Å². The second-order valence-electron chi connectivity index (χ2n) is 16.2. The molecule has 1 aromatic rings. The number of ether oxygens (including phenoxy) is 6. The topological polar surface area (TPSA) is 177 Å². The Kier molecular flexibility index (Phi) is 13.4. The molecule has 4 aliphatic rings. The van der Waals surface area contributed by atoms with E-state index in [0.717, 1.165) is 0 Å². The highest BCUT2D eigenvalue weighted by atomic mass is 16.7. The first kappa shape index (κ1) is 41.9. The number of esters is 1. The minimum Gasteiger partial charge on any atom is -0.458 e. The summed E-state index contributed by atoms with van der Waals surface area (Å²) in [5, 5.41) is 18.8. The molecular weight excluding hydrogens is 700 g/mol. The van der Waals surface area contributed by atoms with Crippen LogP contribution in [0.5, 0.6) is 5.75 Å².